The predicted molar refractivity (Wildman–Crippen MR) is 76.0 cm³/mol. The van der Waals surface area contributed by atoms with E-state index < -0.39 is 12.6 Å². The normalized spacial score (nSPS) is 12.1. The van der Waals surface area contributed by atoms with Gasteiger partial charge in [-0.2, -0.15) is 8.78 Å². The minimum absolute atomic E-state index is 0.0213. The van der Waals surface area contributed by atoms with Gasteiger partial charge in [0, 0.05) is 24.4 Å². The third-order valence-electron chi connectivity index (χ3n) is 2.71. The highest BCUT2D eigenvalue weighted by Crippen LogP contribution is 2.29. The van der Waals surface area contributed by atoms with Crippen molar-refractivity contribution >= 4 is 23.3 Å². The molecule has 8 heteroatoms. The van der Waals surface area contributed by atoms with E-state index >= 15 is 0 Å². The largest absolute Gasteiger partial charge is 0.433 e. The van der Waals surface area contributed by atoms with E-state index in [0.29, 0.717) is 12.8 Å². The van der Waals surface area contributed by atoms with Gasteiger partial charge in [-0.25, -0.2) is 4.79 Å². The lowest BCUT2D eigenvalue weighted by Crippen LogP contribution is -2.38. The molecule has 1 rings (SSSR count). The first-order valence-corrected chi connectivity index (χ1v) is 6.76. The van der Waals surface area contributed by atoms with Gasteiger partial charge in [-0.1, -0.05) is 18.5 Å². The molecule has 0 fully saturated rings. The van der Waals surface area contributed by atoms with E-state index in [0.717, 1.165) is 0 Å². The molecule has 0 saturated carbocycles. The highest BCUT2D eigenvalue weighted by atomic mass is 35.5. The van der Waals surface area contributed by atoms with Crippen molar-refractivity contribution in [3.63, 3.8) is 0 Å². The summed E-state index contributed by atoms with van der Waals surface area (Å²) in [6.07, 6.45) is 1.10. The molecule has 2 amide bonds. The monoisotopic (exact) mass is 322 g/mol. The number of nitrogens with one attached hydrogen (secondary N) is 2. The number of carbonyl (C=O) groups excluding carboxylic acids is 1. The molecule has 0 spiro atoms. The summed E-state index contributed by atoms with van der Waals surface area (Å²) < 4.78 is 28.6. The van der Waals surface area contributed by atoms with Crippen LogP contribution in [-0.2, 0) is 0 Å². The van der Waals surface area contributed by atoms with Gasteiger partial charge in [0.15, 0.2) is 0 Å². The van der Waals surface area contributed by atoms with Gasteiger partial charge in [-0.05, 0) is 25.0 Å². The van der Waals surface area contributed by atoms with Gasteiger partial charge >= 0.3 is 12.6 Å². The predicted octanol–water partition coefficient (Wildman–Crippen LogP) is 3.22. The fourth-order valence-electron chi connectivity index (χ4n) is 1.65. The van der Waals surface area contributed by atoms with Gasteiger partial charge < -0.3 is 20.5 Å². The number of urea groups is 1. The Bertz CT molecular complexity index is 475. The Morgan fingerprint density at radius 3 is 2.76 bits per heavy atom. The zero-order valence-electron chi connectivity index (χ0n) is 11.4. The van der Waals surface area contributed by atoms with E-state index in [4.69, 9.17) is 16.7 Å². The molecule has 0 aliphatic rings. The molecule has 0 aromatic heterocycles. The molecule has 0 aliphatic heterocycles. The third kappa shape index (κ3) is 6.14. The average Bonchev–Trinajstić information content (AvgIpc) is 2.41. The van der Waals surface area contributed by atoms with Gasteiger partial charge in [0.1, 0.15) is 5.75 Å². The van der Waals surface area contributed by atoms with Gasteiger partial charge in [0.05, 0.1) is 5.02 Å². The minimum atomic E-state index is -3.00. The number of aliphatic hydroxyl groups excluding tert-OH is 1. The molecule has 1 aromatic rings. The summed E-state index contributed by atoms with van der Waals surface area (Å²) in [5.74, 6) is -0.216. The summed E-state index contributed by atoms with van der Waals surface area (Å²) >= 11 is 5.71. The third-order valence-corrected chi connectivity index (χ3v) is 3.02. The second kappa shape index (κ2) is 8.63. The van der Waals surface area contributed by atoms with Gasteiger partial charge in [-0.3, -0.25) is 0 Å². The number of hydrogen-bond donors (Lipinski definition) is 3. The molecule has 5 nitrogen and oxygen atoms in total. The van der Waals surface area contributed by atoms with Crippen molar-refractivity contribution in [2.75, 3.05) is 11.9 Å². The molecule has 1 atom stereocenters. The van der Waals surface area contributed by atoms with Crippen LogP contribution in [0.2, 0.25) is 5.02 Å². The number of halogens is 3. The molecule has 0 radical (unpaired) electrons. The summed E-state index contributed by atoms with van der Waals surface area (Å²) in [4.78, 5) is 11.7. The average molecular weight is 323 g/mol. The molecular weight excluding hydrogens is 306 g/mol. The summed E-state index contributed by atoms with van der Waals surface area (Å²) in [5.41, 5.74) is 0.270. The number of benzene rings is 1. The molecule has 1 unspecified atom stereocenters. The lowest BCUT2D eigenvalue weighted by molar-refractivity contribution is -0.0497. The van der Waals surface area contributed by atoms with E-state index in [9.17, 15) is 13.6 Å². The van der Waals surface area contributed by atoms with Crippen molar-refractivity contribution in [2.45, 2.75) is 32.4 Å². The highest BCUT2D eigenvalue weighted by Gasteiger charge is 2.12. The summed E-state index contributed by atoms with van der Waals surface area (Å²) in [6, 6.07) is 3.36. The van der Waals surface area contributed by atoms with Gasteiger partial charge in [0.2, 0.25) is 0 Å². The number of aliphatic hydroxyl groups is 1. The van der Waals surface area contributed by atoms with Crippen molar-refractivity contribution in [1.82, 2.24) is 5.32 Å². The Morgan fingerprint density at radius 2 is 2.19 bits per heavy atom. The number of amides is 2. The highest BCUT2D eigenvalue weighted by molar-refractivity contribution is 6.32. The maximum Gasteiger partial charge on any atom is 0.387 e. The number of anilines is 1. The van der Waals surface area contributed by atoms with Crippen LogP contribution >= 0.6 is 11.6 Å². The lowest BCUT2D eigenvalue weighted by atomic mass is 10.2. The maximum absolute atomic E-state index is 12.2. The van der Waals surface area contributed by atoms with E-state index in [1.54, 1.807) is 0 Å². The second-order valence-corrected chi connectivity index (χ2v) is 4.65. The Hall–Kier alpha value is -1.60. The lowest BCUT2D eigenvalue weighted by Gasteiger charge is -2.16. The molecule has 0 aliphatic carbocycles. The molecule has 21 heavy (non-hydrogen) atoms. The number of hydrogen-bond acceptors (Lipinski definition) is 3. The molecule has 118 valence electrons. The number of ether oxygens (including phenoxy) is 1. The number of alkyl halides is 2. The standard InChI is InChI=1S/C13H17ClF2N2O3/c1-2-8(5-6-19)17-13(20)18-9-3-4-10(14)11(7-9)21-12(15)16/h3-4,7-8,12,19H,2,5-6H2,1H3,(H2,17,18,20). The molecule has 1 aromatic carbocycles. The van der Waals surface area contributed by atoms with Crippen molar-refractivity contribution in [2.24, 2.45) is 0 Å². The Kier molecular flexibility index (Phi) is 7.18. The Balaban J connectivity index is 2.67. The first-order valence-electron chi connectivity index (χ1n) is 6.39. The first kappa shape index (κ1) is 17.5. The SMILES string of the molecule is CCC(CCO)NC(=O)Nc1ccc(Cl)c(OC(F)F)c1. The summed E-state index contributed by atoms with van der Waals surface area (Å²) in [5, 5.41) is 14.0. The summed E-state index contributed by atoms with van der Waals surface area (Å²) in [6.45, 7) is -1.16. The van der Waals surface area contributed by atoms with Crippen LogP contribution in [0.4, 0.5) is 19.3 Å². The van der Waals surface area contributed by atoms with Crippen LogP contribution in [0.3, 0.4) is 0 Å². The smallest absolute Gasteiger partial charge is 0.387 e. The quantitative estimate of drug-likeness (QED) is 0.722. The number of carbonyl (C=O) groups is 1. The first-order chi connectivity index (χ1) is 9.96. The molecular formula is C13H17ClF2N2O3. The maximum atomic E-state index is 12.2. The molecule has 0 saturated heterocycles. The van der Waals surface area contributed by atoms with E-state index in [-0.39, 0.29) is 29.1 Å². The van der Waals surface area contributed by atoms with E-state index in [1.165, 1.54) is 18.2 Å². The van der Waals surface area contributed by atoms with Crippen LogP contribution in [0.5, 0.6) is 5.75 Å². The Labute approximate surface area is 126 Å². The minimum Gasteiger partial charge on any atom is -0.433 e. The second-order valence-electron chi connectivity index (χ2n) is 4.24. The van der Waals surface area contributed by atoms with Crippen LogP contribution < -0.4 is 15.4 Å². The molecule has 0 bridgehead atoms. The van der Waals surface area contributed by atoms with E-state index in [2.05, 4.69) is 15.4 Å². The number of rotatable bonds is 7. The van der Waals surface area contributed by atoms with Crippen LogP contribution in [-0.4, -0.2) is 30.4 Å². The topological polar surface area (TPSA) is 70.6 Å². The van der Waals surface area contributed by atoms with Crippen molar-refractivity contribution in [3.8, 4) is 5.75 Å². The van der Waals surface area contributed by atoms with E-state index in [1.807, 2.05) is 6.92 Å². The van der Waals surface area contributed by atoms with Crippen molar-refractivity contribution in [1.29, 1.82) is 0 Å². The van der Waals surface area contributed by atoms with Gasteiger partial charge in [-0.15, -0.1) is 0 Å². The zero-order valence-corrected chi connectivity index (χ0v) is 12.2. The molecule has 0 heterocycles. The molecule has 3 N–H and O–H groups in total. The van der Waals surface area contributed by atoms with Gasteiger partial charge in [0.25, 0.3) is 0 Å². The van der Waals surface area contributed by atoms with Crippen LogP contribution in [0, 0.1) is 0 Å². The van der Waals surface area contributed by atoms with Crippen molar-refractivity contribution < 1.29 is 23.4 Å². The van der Waals surface area contributed by atoms with Crippen molar-refractivity contribution in [3.05, 3.63) is 23.2 Å². The Morgan fingerprint density at radius 1 is 1.48 bits per heavy atom. The zero-order chi connectivity index (χ0) is 15.8. The summed E-state index contributed by atoms with van der Waals surface area (Å²) in [7, 11) is 0. The van der Waals surface area contributed by atoms with Crippen LogP contribution in [0.15, 0.2) is 18.2 Å². The fraction of sp³-hybridized carbons (Fsp3) is 0.462. The van der Waals surface area contributed by atoms with Crippen LogP contribution in [0.25, 0.3) is 0 Å². The fourth-order valence-corrected chi connectivity index (χ4v) is 1.82. The van der Waals surface area contributed by atoms with Crippen LogP contribution in [0.1, 0.15) is 19.8 Å².